The van der Waals surface area contributed by atoms with Gasteiger partial charge in [-0.3, -0.25) is 0 Å². The summed E-state index contributed by atoms with van der Waals surface area (Å²) >= 11 is 2.19. The molecule has 16 heavy (non-hydrogen) atoms. The molecule has 1 fully saturated rings. The first-order chi connectivity index (χ1) is 7.66. The highest BCUT2D eigenvalue weighted by Gasteiger charge is 2.37. The van der Waals surface area contributed by atoms with E-state index in [2.05, 4.69) is 44.8 Å². The number of thioether (sulfide) groups is 1. The molecular formula is C14H29NS. The van der Waals surface area contributed by atoms with Gasteiger partial charge in [-0.1, -0.05) is 33.6 Å². The van der Waals surface area contributed by atoms with Crippen LogP contribution in [0.25, 0.3) is 0 Å². The molecule has 1 heterocycles. The second-order valence-corrected chi connectivity index (χ2v) is 6.92. The van der Waals surface area contributed by atoms with Gasteiger partial charge in [0.1, 0.15) is 0 Å². The molecule has 0 spiro atoms. The first-order valence-corrected chi connectivity index (χ1v) is 8.02. The van der Waals surface area contributed by atoms with E-state index < -0.39 is 0 Å². The van der Waals surface area contributed by atoms with Crippen molar-refractivity contribution in [2.24, 2.45) is 5.92 Å². The predicted molar refractivity (Wildman–Crippen MR) is 76.3 cm³/mol. The maximum atomic E-state index is 3.74. The molecular weight excluding hydrogens is 214 g/mol. The SMILES string of the molecule is CCNC(CC(CC)CC)C1(C)CCCS1. The van der Waals surface area contributed by atoms with Gasteiger partial charge in [0.05, 0.1) is 0 Å². The van der Waals surface area contributed by atoms with Crippen LogP contribution < -0.4 is 5.32 Å². The van der Waals surface area contributed by atoms with Gasteiger partial charge < -0.3 is 5.32 Å². The molecule has 1 saturated heterocycles. The van der Waals surface area contributed by atoms with Gasteiger partial charge >= 0.3 is 0 Å². The minimum atomic E-state index is 0.499. The third-order valence-corrected chi connectivity index (χ3v) is 5.80. The molecule has 0 bridgehead atoms. The van der Waals surface area contributed by atoms with Gasteiger partial charge in [-0.2, -0.15) is 11.8 Å². The highest BCUT2D eigenvalue weighted by molar-refractivity contribution is 8.00. The van der Waals surface area contributed by atoms with E-state index in [0.29, 0.717) is 4.75 Å². The Kier molecular flexibility index (Phi) is 6.20. The van der Waals surface area contributed by atoms with Crippen molar-refractivity contribution in [3.8, 4) is 0 Å². The topological polar surface area (TPSA) is 12.0 Å². The number of hydrogen-bond acceptors (Lipinski definition) is 2. The Hall–Kier alpha value is 0.310. The predicted octanol–water partition coefficient (Wildman–Crippen LogP) is 4.08. The van der Waals surface area contributed by atoms with E-state index >= 15 is 0 Å². The summed E-state index contributed by atoms with van der Waals surface area (Å²) in [4.78, 5) is 0. The van der Waals surface area contributed by atoms with Crippen molar-refractivity contribution < 1.29 is 0 Å². The van der Waals surface area contributed by atoms with E-state index in [-0.39, 0.29) is 0 Å². The summed E-state index contributed by atoms with van der Waals surface area (Å²) in [5.41, 5.74) is 0. The Bertz CT molecular complexity index is 183. The van der Waals surface area contributed by atoms with Crippen molar-refractivity contribution >= 4 is 11.8 Å². The zero-order valence-electron chi connectivity index (χ0n) is 11.5. The van der Waals surface area contributed by atoms with Crippen LogP contribution in [0, 0.1) is 5.92 Å². The summed E-state index contributed by atoms with van der Waals surface area (Å²) in [7, 11) is 0. The van der Waals surface area contributed by atoms with Crippen LogP contribution in [0.4, 0.5) is 0 Å². The molecule has 1 rings (SSSR count). The average molecular weight is 243 g/mol. The standard InChI is InChI=1S/C14H29NS/c1-5-12(6-2)11-13(15-7-3)14(4)9-8-10-16-14/h12-13,15H,5-11H2,1-4H3. The highest BCUT2D eigenvalue weighted by Crippen LogP contribution is 2.42. The lowest BCUT2D eigenvalue weighted by atomic mass is 9.86. The molecule has 2 unspecified atom stereocenters. The van der Waals surface area contributed by atoms with Crippen molar-refractivity contribution in [2.75, 3.05) is 12.3 Å². The Labute approximate surface area is 106 Å². The van der Waals surface area contributed by atoms with Crippen LogP contribution >= 0.6 is 11.8 Å². The van der Waals surface area contributed by atoms with Gasteiger partial charge in [-0.15, -0.1) is 0 Å². The summed E-state index contributed by atoms with van der Waals surface area (Å²) in [5, 5.41) is 3.74. The molecule has 0 saturated carbocycles. The Morgan fingerprint density at radius 1 is 1.25 bits per heavy atom. The lowest BCUT2D eigenvalue weighted by molar-refractivity contribution is 0.316. The molecule has 0 aromatic rings. The van der Waals surface area contributed by atoms with Crippen LogP contribution in [0.1, 0.15) is 59.8 Å². The first-order valence-electron chi connectivity index (χ1n) is 7.03. The van der Waals surface area contributed by atoms with Gasteiger partial charge in [-0.05, 0) is 44.4 Å². The summed E-state index contributed by atoms with van der Waals surface area (Å²) in [6.07, 6.45) is 6.84. The van der Waals surface area contributed by atoms with Crippen molar-refractivity contribution in [1.82, 2.24) is 5.32 Å². The smallest absolute Gasteiger partial charge is 0.0285 e. The fourth-order valence-electron chi connectivity index (χ4n) is 2.83. The Balaban J connectivity index is 2.58. The second-order valence-electron chi connectivity index (χ2n) is 5.29. The monoisotopic (exact) mass is 243 g/mol. The van der Waals surface area contributed by atoms with E-state index in [1.54, 1.807) is 0 Å². The summed E-state index contributed by atoms with van der Waals surface area (Å²) in [6, 6.07) is 0.717. The average Bonchev–Trinajstić information content (AvgIpc) is 2.72. The number of nitrogens with one attached hydrogen (secondary N) is 1. The van der Waals surface area contributed by atoms with Crippen LogP contribution in [0.5, 0.6) is 0 Å². The minimum Gasteiger partial charge on any atom is -0.313 e. The van der Waals surface area contributed by atoms with Crippen molar-refractivity contribution in [2.45, 2.75) is 70.6 Å². The maximum absolute atomic E-state index is 3.74. The molecule has 0 aromatic carbocycles. The molecule has 1 N–H and O–H groups in total. The zero-order chi connectivity index (χ0) is 12.0. The van der Waals surface area contributed by atoms with Crippen LogP contribution in [0.3, 0.4) is 0 Å². The molecule has 0 amide bonds. The molecule has 0 aliphatic carbocycles. The molecule has 0 radical (unpaired) electrons. The lowest BCUT2D eigenvalue weighted by Crippen LogP contribution is -2.46. The van der Waals surface area contributed by atoms with E-state index in [0.717, 1.165) is 18.5 Å². The minimum absolute atomic E-state index is 0.499. The number of rotatable bonds is 7. The largest absolute Gasteiger partial charge is 0.313 e. The van der Waals surface area contributed by atoms with Crippen molar-refractivity contribution in [1.29, 1.82) is 0 Å². The van der Waals surface area contributed by atoms with E-state index in [1.807, 2.05) is 0 Å². The Morgan fingerprint density at radius 3 is 2.38 bits per heavy atom. The highest BCUT2D eigenvalue weighted by atomic mass is 32.2. The van der Waals surface area contributed by atoms with E-state index in [4.69, 9.17) is 0 Å². The van der Waals surface area contributed by atoms with Crippen LogP contribution in [-0.2, 0) is 0 Å². The fourth-order valence-corrected chi connectivity index (χ4v) is 4.25. The number of hydrogen-bond donors (Lipinski definition) is 1. The molecule has 1 aliphatic heterocycles. The third-order valence-electron chi connectivity index (χ3n) is 4.16. The Morgan fingerprint density at radius 2 is 1.94 bits per heavy atom. The van der Waals surface area contributed by atoms with Gasteiger partial charge in [0.2, 0.25) is 0 Å². The quantitative estimate of drug-likeness (QED) is 0.723. The lowest BCUT2D eigenvalue weighted by Gasteiger charge is -2.36. The van der Waals surface area contributed by atoms with Crippen molar-refractivity contribution in [3.05, 3.63) is 0 Å². The van der Waals surface area contributed by atoms with Crippen LogP contribution in [0.2, 0.25) is 0 Å². The van der Waals surface area contributed by atoms with Crippen molar-refractivity contribution in [3.63, 3.8) is 0 Å². The normalized spacial score (nSPS) is 27.6. The molecule has 2 heteroatoms. The van der Waals surface area contributed by atoms with Crippen LogP contribution in [0.15, 0.2) is 0 Å². The molecule has 1 nitrogen and oxygen atoms in total. The molecule has 0 aromatic heterocycles. The van der Waals surface area contributed by atoms with Gasteiger partial charge in [0, 0.05) is 10.8 Å². The molecule has 1 aliphatic rings. The molecule has 2 atom stereocenters. The third kappa shape index (κ3) is 3.66. The maximum Gasteiger partial charge on any atom is 0.0285 e. The first kappa shape index (κ1) is 14.4. The summed E-state index contributed by atoms with van der Waals surface area (Å²) in [6.45, 7) is 10.5. The van der Waals surface area contributed by atoms with Gasteiger partial charge in [0.25, 0.3) is 0 Å². The fraction of sp³-hybridized carbons (Fsp3) is 1.00. The van der Waals surface area contributed by atoms with Gasteiger partial charge in [-0.25, -0.2) is 0 Å². The molecule has 96 valence electrons. The summed E-state index contributed by atoms with van der Waals surface area (Å²) < 4.78 is 0.499. The summed E-state index contributed by atoms with van der Waals surface area (Å²) in [5.74, 6) is 2.27. The van der Waals surface area contributed by atoms with Crippen LogP contribution in [-0.4, -0.2) is 23.1 Å². The zero-order valence-corrected chi connectivity index (χ0v) is 12.3. The van der Waals surface area contributed by atoms with Gasteiger partial charge in [0.15, 0.2) is 0 Å². The van der Waals surface area contributed by atoms with E-state index in [9.17, 15) is 0 Å². The second kappa shape index (κ2) is 6.90. The van der Waals surface area contributed by atoms with E-state index in [1.165, 1.54) is 37.9 Å².